The second-order valence-corrected chi connectivity index (χ2v) is 8.86. The van der Waals surface area contributed by atoms with Crippen LogP contribution < -0.4 is 0 Å². The lowest BCUT2D eigenvalue weighted by Gasteiger charge is -2.26. The van der Waals surface area contributed by atoms with Crippen LogP contribution in [0.1, 0.15) is 60.7 Å². The number of aromatic nitrogens is 2. The van der Waals surface area contributed by atoms with Gasteiger partial charge in [0.1, 0.15) is 0 Å². The first-order valence-electron chi connectivity index (χ1n) is 8.72. The Morgan fingerprint density at radius 1 is 1.04 bits per heavy atom. The maximum absolute atomic E-state index is 13.0. The van der Waals surface area contributed by atoms with E-state index in [4.69, 9.17) is 0 Å². The van der Waals surface area contributed by atoms with Crippen molar-refractivity contribution in [3.8, 4) is 0 Å². The molecular weight excluding hydrogens is 320 g/mol. The summed E-state index contributed by atoms with van der Waals surface area (Å²) in [6.07, 6.45) is 5.67. The Morgan fingerprint density at radius 3 is 2.29 bits per heavy atom. The third-order valence-corrected chi connectivity index (χ3v) is 6.61. The molecule has 24 heavy (non-hydrogen) atoms. The summed E-state index contributed by atoms with van der Waals surface area (Å²) in [4.78, 5) is 4.45. The average molecular weight is 346 g/mol. The van der Waals surface area contributed by atoms with Gasteiger partial charge in [-0.2, -0.15) is 0 Å². The molecule has 4 nitrogen and oxygen atoms in total. The van der Waals surface area contributed by atoms with Crippen molar-refractivity contribution in [1.82, 2.24) is 9.55 Å². The molecular formula is C19H26N2O2S. The van der Waals surface area contributed by atoms with E-state index in [0.717, 1.165) is 35.4 Å². The smallest absolute Gasteiger partial charge is 0.228 e. The van der Waals surface area contributed by atoms with Crippen LogP contribution in [0.3, 0.4) is 0 Å². The summed E-state index contributed by atoms with van der Waals surface area (Å²) < 4.78 is 28.1. The van der Waals surface area contributed by atoms with Gasteiger partial charge in [0.2, 0.25) is 15.0 Å². The lowest BCUT2D eigenvalue weighted by atomic mass is 9.95. The minimum absolute atomic E-state index is 0.00981. The molecule has 130 valence electrons. The Labute approximate surface area is 144 Å². The molecule has 0 amide bonds. The molecule has 1 aliphatic carbocycles. The summed E-state index contributed by atoms with van der Waals surface area (Å²) in [5.41, 5.74) is 3.76. The van der Waals surface area contributed by atoms with E-state index in [9.17, 15) is 8.42 Å². The second-order valence-electron chi connectivity index (χ2n) is 6.97. The van der Waals surface area contributed by atoms with Gasteiger partial charge in [-0.25, -0.2) is 13.4 Å². The molecule has 1 saturated carbocycles. The van der Waals surface area contributed by atoms with Crippen LogP contribution >= 0.6 is 0 Å². The van der Waals surface area contributed by atoms with Crippen LogP contribution in [0, 0.1) is 20.8 Å². The van der Waals surface area contributed by atoms with Crippen molar-refractivity contribution >= 4 is 9.84 Å². The molecule has 1 heterocycles. The third kappa shape index (κ3) is 3.41. The van der Waals surface area contributed by atoms with Gasteiger partial charge in [-0.3, -0.25) is 0 Å². The number of sulfone groups is 1. The molecule has 0 bridgehead atoms. The quantitative estimate of drug-likeness (QED) is 0.830. The van der Waals surface area contributed by atoms with Crippen molar-refractivity contribution in [3.05, 3.63) is 46.8 Å². The average Bonchev–Trinajstić information content (AvgIpc) is 2.87. The van der Waals surface area contributed by atoms with Crippen LogP contribution in [0.5, 0.6) is 0 Å². The molecule has 0 unspecified atom stereocenters. The number of nitrogens with zero attached hydrogens (tertiary/aromatic N) is 2. The summed E-state index contributed by atoms with van der Waals surface area (Å²) >= 11 is 0. The minimum atomic E-state index is -3.46. The SMILES string of the molecule is Cc1ccc(CS(=O)(=O)c2nc(C)c(C)n2C2CCCCC2)cc1. The van der Waals surface area contributed by atoms with E-state index in [2.05, 4.69) is 4.98 Å². The van der Waals surface area contributed by atoms with Crippen LogP contribution in [0.4, 0.5) is 0 Å². The molecule has 0 N–H and O–H groups in total. The second kappa shape index (κ2) is 6.71. The fourth-order valence-corrected chi connectivity index (χ4v) is 5.18. The van der Waals surface area contributed by atoms with Gasteiger partial charge in [0.25, 0.3) is 0 Å². The Kier molecular flexibility index (Phi) is 4.81. The molecule has 0 radical (unpaired) electrons. The van der Waals surface area contributed by atoms with Gasteiger partial charge < -0.3 is 4.57 Å². The van der Waals surface area contributed by atoms with Crippen molar-refractivity contribution in [1.29, 1.82) is 0 Å². The zero-order valence-electron chi connectivity index (χ0n) is 14.7. The first-order chi connectivity index (χ1) is 11.4. The highest BCUT2D eigenvalue weighted by atomic mass is 32.2. The fourth-order valence-electron chi connectivity index (χ4n) is 3.55. The maximum Gasteiger partial charge on any atom is 0.228 e. The van der Waals surface area contributed by atoms with Gasteiger partial charge >= 0.3 is 0 Å². The Hall–Kier alpha value is -1.62. The molecule has 3 rings (SSSR count). The first-order valence-corrected chi connectivity index (χ1v) is 10.4. The van der Waals surface area contributed by atoms with Crippen LogP contribution in [0.2, 0.25) is 0 Å². The van der Waals surface area contributed by atoms with E-state index in [-0.39, 0.29) is 17.0 Å². The monoisotopic (exact) mass is 346 g/mol. The summed E-state index contributed by atoms with van der Waals surface area (Å²) in [5, 5.41) is 0.255. The highest BCUT2D eigenvalue weighted by Gasteiger charge is 2.29. The van der Waals surface area contributed by atoms with Crippen molar-refractivity contribution in [2.45, 2.75) is 69.8 Å². The zero-order chi connectivity index (χ0) is 17.3. The highest BCUT2D eigenvalue weighted by Crippen LogP contribution is 2.33. The van der Waals surface area contributed by atoms with E-state index in [1.165, 1.54) is 19.3 Å². The van der Waals surface area contributed by atoms with Crippen molar-refractivity contribution in [2.75, 3.05) is 0 Å². The van der Waals surface area contributed by atoms with Gasteiger partial charge in [-0.1, -0.05) is 49.1 Å². The minimum Gasteiger partial charge on any atom is -0.316 e. The number of hydrogen-bond acceptors (Lipinski definition) is 3. The van der Waals surface area contributed by atoms with E-state index in [1.807, 2.05) is 49.6 Å². The molecule has 2 aromatic rings. The standard InChI is InChI=1S/C19H26N2O2S/c1-14-9-11-17(12-10-14)13-24(22,23)19-20-15(2)16(3)21(19)18-7-5-4-6-8-18/h9-12,18H,4-8,13H2,1-3H3. The number of imidazole rings is 1. The molecule has 1 fully saturated rings. The lowest BCUT2D eigenvalue weighted by molar-refractivity contribution is 0.329. The number of benzene rings is 1. The van der Waals surface area contributed by atoms with E-state index in [0.29, 0.717) is 0 Å². The molecule has 1 aromatic heterocycles. The van der Waals surface area contributed by atoms with E-state index >= 15 is 0 Å². The van der Waals surface area contributed by atoms with E-state index in [1.54, 1.807) is 0 Å². The van der Waals surface area contributed by atoms with Gasteiger partial charge in [0, 0.05) is 11.7 Å². The van der Waals surface area contributed by atoms with Crippen LogP contribution in [0.25, 0.3) is 0 Å². The zero-order valence-corrected chi connectivity index (χ0v) is 15.6. The summed E-state index contributed by atoms with van der Waals surface area (Å²) in [6, 6.07) is 7.95. The number of rotatable bonds is 4. The normalized spacial score (nSPS) is 16.5. The molecule has 0 saturated heterocycles. The molecule has 1 aromatic carbocycles. The van der Waals surface area contributed by atoms with Crippen LogP contribution in [-0.2, 0) is 15.6 Å². The van der Waals surface area contributed by atoms with Gasteiger partial charge in [-0.05, 0) is 39.2 Å². The molecule has 0 spiro atoms. The molecule has 1 aliphatic rings. The Bertz CT molecular complexity index is 814. The first kappa shape index (κ1) is 17.2. The maximum atomic E-state index is 13.0. The largest absolute Gasteiger partial charge is 0.316 e. The summed E-state index contributed by atoms with van der Waals surface area (Å²) in [7, 11) is -3.46. The fraction of sp³-hybridized carbons (Fsp3) is 0.526. The van der Waals surface area contributed by atoms with Gasteiger partial charge in [-0.15, -0.1) is 0 Å². The third-order valence-electron chi connectivity index (χ3n) is 5.05. The Balaban J connectivity index is 1.98. The highest BCUT2D eigenvalue weighted by molar-refractivity contribution is 7.90. The van der Waals surface area contributed by atoms with Crippen LogP contribution in [-0.4, -0.2) is 18.0 Å². The lowest BCUT2D eigenvalue weighted by Crippen LogP contribution is -2.20. The van der Waals surface area contributed by atoms with Crippen molar-refractivity contribution < 1.29 is 8.42 Å². The Morgan fingerprint density at radius 2 is 1.67 bits per heavy atom. The predicted octanol–water partition coefficient (Wildman–Crippen LogP) is 4.29. The van der Waals surface area contributed by atoms with Crippen molar-refractivity contribution in [2.24, 2.45) is 0 Å². The van der Waals surface area contributed by atoms with Crippen molar-refractivity contribution in [3.63, 3.8) is 0 Å². The number of aryl methyl sites for hydroxylation is 2. The predicted molar refractivity (Wildman–Crippen MR) is 95.9 cm³/mol. The topological polar surface area (TPSA) is 52.0 Å². The van der Waals surface area contributed by atoms with Gasteiger partial charge in [0.15, 0.2) is 0 Å². The number of hydrogen-bond donors (Lipinski definition) is 0. The summed E-state index contributed by atoms with van der Waals surface area (Å²) in [6.45, 7) is 5.89. The van der Waals surface area contributed by atoms with Crippen LogP contribution in [0.15, 0.2) is 29.4 Å². The van der Waals surface area contributed by atoms with E-state index < -0.39 is 9.84 Å². The molecule has 0 aliphatic heterocycles. The molecule has 5 heteroatoms. The van der Waals surface area contributed by atoms with Gasteiger partial charge in [0.05, 0.1) is 11.4 Å². The molecule has 0 atom stereocenters. The summed E-state index contributed by atoms with van der Waals surface area (Å²) in [5.74, 6) is 0.00981.